The van der Waals surface area contributed by atoms with Crippen LogP contribution in [-0.4, -0.2) is 78.7 Å². The molecular weight excluding hydrogens is 613 g/mol. The number of aryl methyl sites for hydroxylation is 1. The molecule has 0 unspecified atom stereocenters. The highest BCUT2D eigenvalue weighted by Gasteiger charge is 2.38. The van der Waals surface area contributed by atoms with Crippen LogP contribution < -0.4 is 16.0 Å². The van der Waals surface area contributed by atoms with E-state index in [4.69, 9.17) is 11.6 Å². The molecule has 0 N–H and O–H groups in total. The maximum absolute atomic E-state index is 15.9. The molecule has 43 heavy (non-hydrogen) atoms. The van der Waals surface area contributed by atoms with Gasteiger partial charge in [-0.1, -0.05) is 24.2 Å². The number of carbonyl (C=O) groups excluding carboxylic acids is 1. The van der Waals surface area contributed by atoms with E-state index in [2.05, 4.69) is 31.8 Å². The molecule has 1 amide bonds. The number of piperazine rings is 1. The standard InChI is InChI=1S/C29H27ClF2N6O3PSi/c1-6-21(39)36-12-13-37(29(3,43)15-36)25-17-14-20(32)23(22-18(30)8-7-9-19(22)31)34-26(17)38(28(40)35-25)24-16(2)10-11-33-27(24)42(4,5)41/h6-11,14H,1,12-13,15H2,2-5H3/t29-/m0/s1. The Hall–Kier alpha value is -3.73. The smallest absolute Gasteiger partial charge is 0.350 e. The summed E-state index contributed by atoms with van der Waals surface area (Å²) in [4.78, 5) is 42.9. The van der Waals surface area contributed by atoms with E-state index in [1.165, 1.54) is 37.7 Å². The second-order valence-corrected chi connectivity index (χ2v) is 15.5. The minimum atomic E-state index is -3.06. The number of halogens is 3. The maximum Gasteiger partial charge on any atom is 0.355 e. The van der Waals surface area contributed by atoms with Crippen LogP contribution >= 0.6 is 18.7 Å². The van der Waals surface area contributed by atoms with Gasteiger partial charge >= 0.3 is 5.69 Å². The highest BCUT2D eigenvalue weighted by atomic mass is 35.5. The van der Waals surface area contributed by atoms with Gasteiger partial charge < -0.3 is 14.4 Å². The average molecular weight is 640 g/mol. The molecule has 3 radical (unpaired) electrons. The summed E-state index contributed by atoms with van der Waals surface area (Å²) in [5.41, 5.74) is -0.663. The third kappa shape index (κ3) is 5.43. The quantitative estimate of drug-likeness (QED) is 0.185. The number of pyridine rings is 2. The number of hydrogen-bond donors (Lipinski definition) is 0. The summed E-state index contributed by atoms with van der Waals surface area (Å²) in [6.45, 7) is 10.8. The van der Waals surface area contributed by atoms with Crippen molar-refractivity contribution in [2.45, 2.75) is 19.0 Å². The molecule has 1 saturated heterocycles. The van der Waals surface area contributed by atoms with Crippen LogP contribution in [0.5, 0.6) is 0 Å². The summed E-state index contributed by atoms with van der Waals surface area (Å²) in [5, 5.41) is -0.885. The second kappa shape index (κ2) is 11.1. The fraction of sp³-hybridized carbons (Fsp3) is 0.276. The lowest BCUT2D eigenvalue weighted by molar-refractivity contribution is -0.127. The van der Waals surface area contributed by atoms with Crippen molar-refractivity contribution in [1.82, 2.24) is 24.4 Å². The van der Waals surface area contributed by atoms with E-state index in [1.54, 1.807) is 29.7 Å². The van der Waals surface area contributed by atoms with E-state index >= 15 is 8.78 Å². The molecular formula is C29H27ClF2N6O3PSi. The van der Waals surface area contributed by atoms with Crippen LogP contribution in [0.2, 0.25) is 5.02 Å². The molecule has 1 fully saturated rings. The molecule has 0 spiro atoms. The van der Waals surface area contributed by atoms with E-state index in [0.29, 0.717) is 5.56 Å². The van der Waals surface area contributed by atoms with Crippen molar-refractivity contribution in [3.05, 3.63) is 81.9 Å². The Labute approximate surface area is 255 Å². The molecule has 0 saturated carbocycles. The van der Waals surface area contributed by atoms with Crippen LogP contribution in [0.3, 0.4) is 0 Å². The summed E-state index contributed by atoms with van der Waals surface area (Å²) in [5.74, 6) is -1.87. The zero-order valence-corrected chi connectivity index (χ0v) is 26.5. The zero-order valence-electron chi connectivity index (χ0n) is 23.9. The van der Waals surface area contributed by atoms with Crippen molar-refractivity contribution in [2.24, 2.45) is 0 Å². The predicted octanol–water partition coefficient (Wildman–Crippen LogP) is 4.05. The first kappa shape index (κ1) is 30.7. The molecule has 4 heterocycles. The van der Waals surface area contributed by atoms with Crippen molar-refractivity contribution in [3.8, 4) is 16.9 Å². The van der Waals surface area contributed by atoms with Crippen molar-refractivity contribution >= 4 is 57.2 Å². The Kier molecular flexibility index (Phi) is 7.91. The number of rotatable bonds is 5. The van der Waals surface area contributed by atoms with Crippen molar-refractivity contribution in [3.63, 3.8) is 0 Å². The van der Waals surface area contributed by atoms with Crippen LogP contribution in [0.1, 0.15) is 12.5 Å². The number of anilines is 1. The Bertz CT molecular complexity index is 1910. The van der Waals surface area contributed by atoms with Crippen molar-refractivity contribution < 1.29 is 18.1 Å². The van der Waals surface area contributed by atoms with Gasteiger partial charge in [0.25, 0.3) is 0 Å². The largest absolute Gasteiger partial charge is 0.355 e. The van der Waals surface area contributed by atoms with Crippen LogP contribution in [0, 0.1) is 18.6 Å². The molecule has 221 valence electrons. The van der Waals surface area contributed by atoms with Crippen molar-refractivity contribution in [1.29, 1.82) is 0 Å². The molecule has 1 aliphatic rings. The average Bonchev–Trinajstić information content (AvgIpc) is 2.92. The molecule has 5 rings (SSSR count). The van der Waals surface area contributed by atoms with Gasteiger partial charge in [0.2, 0.25) is 5.91 Å². The van der Waals surface area contributed by atoms with E-state index < -0.39 is 35.3 Å². The van der Waals surface area contributed by atoms with Gasteiger partial charge in [0.15, 0.2) is 11.5 Å². The lowest BCUT2D eigenvalue weighted by Gasteiger charge is -2.47. The summed E-state index contributed by atoms with van der Waals surface area (Å²) in [7, 11) is 0.668. The van der Waals surface area contributed by atoms with E-state index in [1.807, 2.05) is 0 Å². The van der Waals surface area contributed by atoms with Gasteiger partial charge in [-0.2, -0.15) is 4.98 Å². The Balaban J connectivity index is 1.88. The third-order valence-corrected chi connectivity index (χ3v) is 9.36. The van der Waals surface area contributed by atoms with E-state index in [-0.39, 0.29) is 64.1 Å². The van der Waals surface area contributed by atoms with Gasteiger partial charge in [0.05, 0.1) is 31.9 Å². The molecule has 3 aromatic heterocycles. The van der Waals surface area contributed by atoms with Crippen LogP contribution in [0.15, 0.2) is 54.0 Å². The number of benzene rings is 1. The minimum Gasteiger partial charge on any atom is -0.350 e. The normalized spacial score (nSPS) is 17.4. The minimum absolute atomic E-state index is 0.0661. The summed E-state index contributed by atoms with van der Waals surface area (Å²) >= 11 is 6.30. The molecule has 1 atom stereocenters. The van der Waals surface area contributed by atoms with Gasteiger partial charge in [-0.3, -0.25) is 9.78 Å². The Morgan fingerprint density at radius 2 is 1.91 bits per heavy atom. The number of fused-ring (bicyclic) bond motifs is 1. The van der Waals surface area contributed by atoms with Gasteiger partial charge in [-0.25, -0.2) is 23.1 Å². The fourth-order valence-electron chi connectivity index (χ4n) is 5.28. The summed E-state index contributed by atoms with van der Waals surface area (Å²) in [6, 6.07) is 6.70. The number of carbonyl (C=O) groups is 1. The third-order valence-electron chi connectivity index (χ3n) is 7.27. The highest BCUT2D eigenvalue weighted by Crippen LogP contribution is 2.39. The van der Waals surface area contributed by atoms with Crippen LogP contribution in [0.4, 0.5) is 14.6 Å². The SMILES string of the molecule is C=CC(=O)N1CCN(c2nc(=O)n(-c3c(C)ccnc3P(C)(C)=O)c3nc(-c4c(F)cccc4Cl)c(F)cc23)[C@@](C)([Si])C1. The van der Waals surface area contributed by atoms with E-state index in [0.717, 1.165) is 16.7 Å². The number of amides is 1. The first-order valence-electron chi connectivity index (χ1n) is 13.2. The molecule has 14 heteroatoms. The van der Waals surface area contributed by atoms with Crippen LogP contribution in [0.25, 0.3) is 28.0 Å². The number of hydrogen-bond acceptors (Lipinski definition) is 7. The van der Waals surface area contributed by atoms with Crippen LogP contribution in [-0.2, 0) is 9.36 Å². The summed E-state index contributed by atoms with van der Waals surface area (Å²) < 4.78 is 45.5. The first-order valence-corrected chi connectivity index (χ1v) is 16.7. The molecule has 4 aromatic rings. The maximum atomic E-state index is 15.9. The van der Waals surface area contributed by atoms with E-state index in [9.17, 15) is 14.2 Å². The molecule has 0 bridgehead atoms. The predicted molar refractivity (Wildman–Crippen MR) is 165 cm³/mol. The lowest BCUT2D eigenvalue weighted by atomic mass is 10.1. The molecule has 1 aromatic carbocycles. The van der Waals surface area contributed by atoms with Gasteiger partial charge in [-0.15, -0.1) is 0 Å². The van der Waals surface area contributed by atoms with Gasteiger partial charge in [0.1, 0.15) is 29.9 Å². The Morgan fingerprint density at radius 3 is 2.53 bits per heavy atom. The monoisotopic (exact) mass is 639 g/mol. The summed E-state index contributed by atoms with van der Waals surface area (Å²) in [6.07, 6.45) is 2.70. The first-order chi connectivity index (χ1) is 20.2. The second-order valence-electron chi connectivity index (χ2n) is 10.9. The fourth-order valence-corrected chi connectivity index (χ4v) is 7.07. The lowest BCUT2D eigenvalue weighted by Crippen LogP contribution is -2.63. The molecule has 1 aliphatic heterocycles. The zero-order chi connectivity index (χ0) is 31.4. The molecule has 9 nitrogen and oxygen atoms in total. The van der Waals surface area contributed by atoms with Gasteiger partial charge in [-0.05, 0) is 63.1 Å². The highest BCUT2D eigenvalue weighted by molar-refractivity contribution is 7.70. The number of nitrogens with zero attached hydrogens (tertiary/aromatic N) is 6. The van der Waals surface area contributed by atoms with Gasteiger partial charge in [0, 0.05) is 31.0 Å². The number of aromatic nitrogens is 4. The molecule has 0 aliphatic carbocycles. The topological polar surface area (TPSA) is 101 Å². The van der Waals surface area contributed by atoms with Crippen molar-refractivity contribution in [2.75, 3.05) is 37.9 Å². The Morgan fingerprint density at radius 1 is 1.19 bits per heavy atom.